The van der Waals surface area contributed by atoms with E-state index in [1.807, 2.05) is 0 Å². The van der Waals surface area contributed by atoms with E-state index in [2.05, 4.69) is 10.6 Å². The Morgan fingerprint density at radius 1 is 1.21 bits per heavy atom. The van der Waals surface area contributed by atoms with Crippen LogP contribution in [0, 0.1) is 11.6 Å². The van der Waals surface area contributed by atoms with Gasteiger partial charge < -0.3 is 15.4 Å². The molecule has 0 aromatic heterocycles. The summed E-state index contributed by atoms with van der Waals surface area (Å²) in [7, 11) is 0. The van der Waals surface area contributed by atoms with E-state index in [-0.39, 0.29) is 24.2 Å². The van der Waals surface area contributed by atoms with Crippen LogP contribution in [0.4, 0.5) is 14.5 Å². The quantitative estimate of drug-likeness (QED) is 0.875. The zero-order chi connectivity index (χ0) is 13.7. The number of benzene rings is 1. The van der Waals surface area contributed by atoms with Crippen molar-refractivity contribution in [2.24, 2.45) is 0 Å². The van der Waals surface area contributed by atoms with Crippen LogP contribution in [0.1, 0.15) is 12.8 Å². The maximum Gasteiger partial charge on any atom is 0.239 e. The third-order valence-corrected chi connectivity index (χ3v) is 2.90. The maximum absolute atomic E-state index is 12.9. The zero-order valence-electron chi connectivity index (χ0n) is 10.4. The van der Waals surface area contributed by atoms with Crippen molar-refractivity contribution in [2.45, 2.75) is 18.9 Å². The SMILES string of the molecule is O=C(CNc1cc(F)cc(F)c1)NC1CCOCC1. The van der Waals surface area contributed by atoms with Crippen LogP contribution in [-0.2, 0) is 9.53 Å². The number of carbonyl (C=O) groups excluding carboxylic acids is 1. The minimum Gasteiger partial charge on any atom is -0.381 e. The van der Waals surface area contributed by atoms with Crippen LogP contribution in [0.2, 0.25) is 0 Å². The maximum atomic E-state index is 12.9. The molecule has 0 radical (unpaired) electrons. The van der Waals surface area contributed by atoms with Crippen LogP contribution in [0.5, 0.6) is 0 Å². The average Bonchev–Trinajstić information content (AvgIpc) is 2.36. The topological polar surface area (TPSA) is 50.4 Å². The van der Waals surface area contributed by atoms with Gasteiger partial charge in [-0.3, -0.25) is 4.79 Å². The lowest BCUT2D eigenvalue weighted by atomic mass is 10.1. The number of ether oxygens (including phenoxy) is 1. The molecule has 104 valence electrons. The molecular weight excluding hydrogens is 254 g/mol. The van der Waals surface area contributed by atoms with E-state index in [1.54, 1.807) is 0 Å². The van der Waals surface area contributed by atoms with Gasteiger partial charge in [-0.25, -0.2) is 8.78 Å². The minimum absolute atomic E-state index is 0.0136. The van der Waals surface area contributed by atoms with E-state index in [1.165, 1.54) is 0 Å². The summed E-state index contributed by atoms with van der Waals surface area (Å²) in [5.74, 6) is -1.55. The lowest BCUT2D eigenvalue weighted by molar-refractivity contribution is -0.120. The summed E-state index contributed by atoms with van der Waals surface area (Å²) in [6.45, 7) is 1.28. The number of carbonyl (C=O) groups is 1. The molecular formula is C13H16F2N2O2. The number of hydrogen-bond acceptors (Lipinski definition) is 3. The zero-order valence-corrected chi connectivity index (χ0v) is 10.4. The Kier molecular flexibility index (Phi) is 4.68. The first kappa shape index (κ1) is 13.7. The second-order valence-corrected chi connectivity index (χ2v) is 4.47. The number of halogens is 2. The van der Waals surface area contributed by atoms with Crippen molar-refractivity contribution in [1.82, 2.24) is 5.32 Å². The standard InChI is InChI=1S/C13H16F2N2O2/c14-9-5-10(15)7-12(6-9)16-8-13(18)17-11-1-3-19-4-2-11/h5-7,11,16H,1-4,8H2,(H,17,18). The summed E-state index contributed by atoms with van der Waals surface area (Å²) in [6.07, 6.45) is 1.58. The van der Waals surface area contributed by atoms with Gasteiger partial charge in [0.05, 0.1) is 6.54 Å². The molecule has 0 bridgehead atoms. The van der Waals surface area contributed by atoms with Crippen molar-refractivity contribution in [3.63, 3.8) is 0 Å². The first-order chi connectivity index (χ1) is 9.13. The lowest BCUT2D eigenvalue weighted by Crippen LogP contribution is -2.41. The number of anilines is 1. The molecule has 2 N–H and O–H groups in total. The number of nitrogens with one attached hydrogen (secondary N) is 2. The van der Waals surface area contributed by atoms with E-state index < -0.39 is 11.6 Å². The third-order valence-electron chi connectivity index (χ3n) is 2.90. The van der Waals surface area contributed by atoms with E-state index in [4.69, 9.17) is 4.74 Å². The van der Waals surface area contributed by atoms with Gasteiger partial charge in [-0.05, 0) is 25.0 Å². The lowest BCUT2D eigenvalue weighted by Gasteiger charge is -2.23. The highest BCUT2D eigenvalue weighted by Crippen LogP contribution is 2.12. The molecule has 0 saturated carbocycles. The van der Waals surface area contributed by atoms with Gasteiger partial charge in [0.1, 0.15) is 11.6 Å². The molecule has 19 heavy (non-hydrogen) atoms. The molecule has 1 aliphatic heterocycles. The fourth-order valence-corrected chi connectivity index (χ4v) is 1.96. The van der Waals surface area contributed by atoms with Gasteiger partial charge in [0.25, 0.3) is 0 Å². The van der Waals surface area contributed by atoms with Gasteiger partial charge in [-0.1, -0.05) is 0 Å². The van der Waals surface area contributed by atoms with Crippen molar-refractivity contribution in [2.75, 3.05) is 25.1 Å². The van der Waals surface area contributed by atoms with E-state index in [9.17, 15) is 13.6 Å². The molecule has 4 nitrogen and oxygen atoms in total. The van der Waals surface area contributed by atoms with E-state index in [0.29, 0.717) is 13.2 Å². The number of rotatable bonds is 4. The first-order valence-corrected chi connectivity index (χ1v) is 6.20. The molecule has 1 amide bonds. The predicted molar refractivity (Wildman–Crippen MR) is 66.8 cm³/mol. The largest absolute Gasteiger partial charge is 0.381 e. The van der Waals surface area contributed by atoms with Crippen LogP contribution in [0.15, 0.2) is 18.2 Å². The summed E-state index contributed by atoms with van der Waals surface area (Å²) in [4.78, 5) is 11.7. The predicted octanol–water partition coefficient (Wildman–Crippen LogP) is 1.67. The minimum atomic E-state index is -0.674. The average molecular weight is 270 g/mol. The molecule has 1 aromatic carbocycles. The summed E-state index contributed by atoms with van der Waals surface area (Å²) >= 11 is 0. The Balaban J connectivity index is 1.79. The molecule has 0 atom stereocenters. The van der Waals surface area contributed by atoms with Gasteiger partial charge >= 0.3 is 0 Å². The second kappa shape index (κ2) is 6.47. The Morgan fingerprint density at radius 3 is 2.47 bits per heavy atom. The van der Waals surface area contributed by atoms with Crippen LogP contribution in [0.3, 0.4) is 0 Å². The van der Waals surface area contributed by atoms with E-state index >= 15 is 0 Å². The monoisotopic (exact) mass is 270 g/mol. The second-order valence-electron chi connectivity index (χ2n) is 4.47. The smallest absolute Gasteiger partial charge is 0.239 e. The van der Waals surface area contributed by atoms with Crippen molar-refractivity contribution >= 4 is 11.6 Å². The fraction of sp³-hybridized carbons (Fsp3) is 0.462. The molecule has 6 heteroatoms. The molecule has 0 spiro atoms. The Morgan fingerprint density at radius 2 is 1.84 bits per heavy atom. The van der Waals surface area contributed by atoms with Crippen molar-refractivity contribution < 1.29 is 18.3 Å². The summed E-state index contributed by atoms with van der Waals surface area (Å²) < 4.78 is 31.0. The fourth-order valence-electron chi connectivity index (χ4n) is 1.96. The van der Waals surface area contributed by atoms with Crippen molar-refractivity contribution in [3.05, 3.63) is 29.8 Å². The third kappa shape index (κ3) is 4.48. The first-order valence-electron chi connectivity index (χ1n) is 6.20. The summed E-state index contributed by atoms with van der Waals surface area (Å²) in [5.41, 5.74) is 0.250. The highest BCUT2D eigenvalue weighted by atomic mass is 19.1. The van der Waals surface area contributed by atoms with Gasteiger partial charge in [0.2, 0.25) is 5.91 Å². The highest BCUT2D eigenvalue weighted by molar-refractivity contribution is 5.80. The summed E-state index contributed by atoms with van der Waals surface area (Å²) in [5, 5.41) is 5.54. The molecule has 0 aliphatic carbocycles. The molecule has 2 rings (SSSR count). The molecule has 0 unspecified atom stereocenters. The Bertz CT molecular complexity index is 428. The van der Waals surface area contributed by atoms with Crippen molar-refractivity contribution in [1.29, 1.82) is 0 Å². The molecule has 1 fully saturated rings. The van der Waals surface area contributed by atoms with Crippen molar-refractivity contribution in [3.8, 4) is 0 Å². The van der Waals surface area contributed by atoms with Gasteiger partial charge in [-0.2, -0.15) is 0 Å². The Labute approximate surface area is 110 Å². The Hall–Kier alpha value is -1.69. The number of amides is 1. The molecule has 1 heterocycles. The highest BCUT2D eigenvalue weighted by Gasteiger charge is 2.15. The normalized spacial score (nSPS) is 16.1. The van der Waals surface area contributed by atoms with Gasteiger partial charge in [0, 0.05) is 31.0 Å². The van der Waals surface area contributed by atoms with Gasteiger partial charge in [-0.15, -0.1) is 0 Å². The summed E-state index contributed by atoms with van der Waals surface area (Å²) in [6, 6.07) is 3.19. The van der Waals surface area contributed by atoms with Crippen LogP contribution in [0.25, 0.3) is 0 Å². The molecule has 1 aliphatic rings. The van der Waals surface area contributed by atoms with Gasteiger partial charge in [0.15, 0.2) is 0 Å². The van der Waals surface area contributed by atoms with Crippen LogP contribution >= 0.6 is 0 Å². The van der Waals surface area contributed by atoms with E-state index in [0.717, 1.165) is 31.0 Å². The number of hydrogen-bond donors (Lipinski definition) is 2. The molecule has 1 aromatic rings. The van der Waals surface area contributed by atoms with Crippen LogP contribution in [-0.4, -0.2) is 31.7 Å². The van der Waals surface area contributed by atoms with Crippen LogP contribution < -0.4 is 10.6 Å². The molecule has 1 saturated heterocycles.